The number of benzene rings is 3. The zero-order valence-corrected chi connectivity index (χ0v) is 29.3. The van der Waals surface area contributed by atoms with E-state index in [-0.39, 0.29) is 18.8 Å². The summed E-state index contributed by atoms with van der Waals surface area (Å²) >= 11 is 6.93. The van der Waals surface area contributed by atoms with Crippen LogP contribution in [-0.2, 0) is 16.1 Å². The molecule has 0 amide bonds. The van der Waals surface area contributed by atoms with Gasteiger partial charge in [-0.3, -0.25) is 9.36 Å². The second kappa shape index (κ2) is 14.0. The molecule has 1 aliphatic rings. The molecule has 4 aromatic rings. The molecule has 0 saturated carbocycles. The van der Waals surface area contributed by atoms with Crippen LogP contribution in [0.15, 0.2) is 80.1 Å². The molecule has 0 unspecified atom stereocenters. The van der Waals surface area contributed by atoms with Gasteiger partial charge in [-0.15, -0.1) is 0 Å². The minimum atomic E-state index is -0.758. The standard InChI is InChI=1S/C33H27BrIN3O6S/c1-5-43-32(40)28-18(2)37-33-38(29(28)20-10-11-25(41-3)23(34)15-20)31(39)27(45-33)14-19-12-24(35)30(26(13-19)42-4)44-17-22-9-7-6-8-21(22)16-36/h6-15,29H,5,17H2,1-4H3/t29-/m1/s1. The van der Waals surface area contributed by atoms with Gasteiger partial charge in [0.25, 0.3) is 5.56 Å². The zero-order valence-electron chi connectivity index (χ0n) is 24.7. The van der Waals surface area contributed by atoms with Crippen molar-refractivity contribution in [2.45, 2.75) is 26.5 Å². The smallest absolute Gasteiger partial charge is 0.338 e. The maximum Gasteiger partial charge on any atom is 0.338 e. The molecule has 45 heavy (non-hydrogen) atoms. The van der Waals surface area contributed by atoms with Crippen LogP contribution in [0.4, 0.5) is 0 Å². The van der Waals surface area contributed by atoms with Crippen molar-refractivity contribution in [3.05, 3.63) is 116 Å². The molecule has 1 atom stereocenters. The molecule has 0 spiro atoms. The third-order valence-electron chi connectivity index (χ3n) is 7.07. The minimum absolute atomic E-state index is 0.185. The Morgan fingerprint density at radius 2 is 1.91 bits per heavy atom. The van der Waals surface area contributed by atoms with Gasteiger partial charge in [0.2, 0.25) is 0 Å². The molecular formula is C33H27BrIN3O6S. The Kier molecular flexibility index (Phi) is 10.1. The van der Waals surface area contributed by atoms with E-state index in [0.29, 0.717) is 53.5 Å². The quantitative estimate of drug-likeness (QED) is 0.159. The lowest BCUT2D eigenvalue weighted by Gasteiger charge is -2.25. The summed E-state index contributed by atoms with van der Waals surface area (Å²) in [5, 5.41) is 9.42. The number of allylic oxidation sites excluding steroid dienone is 1. The Hall–Kier alpha value is -3.93. The van der Waals surface area contributed by atoms with Crippen molar-refractivity contribution >= 4 is 61.9 Å². The number of hydrogen-bond acceptors (Lipinski definition) is 9. The Labute approximate surface area is 285 Å². The normalized spacial score (nSPS) is 14.3. The number of rotatable bonds is 9. The van der Waals surface area contributed by atoms with Crippen molar-refractivity contribution in [3.63, 3.8) is 0 Å². The maximum atomic E-state index is 14.1. The van der Waals surface area contributed by atoms with Crippen LogP contribution in [0.25, 0.3) is 6.08 Å². The first-order valence-electron chi connectivity index (χ1n) is 13.7. The number of carbonyl (C=O) groups is 1. The van der Waals surface area contributed by atoms with Crippen LogP contribution < -0.4 is 29.1 Å². The van der Waals surface area contributed by atoms with E-state index in [9.17, 15) is 14.9 Å². The first-order valence-corrected chi connectivity index (χ1v) is 16.4. The lowest BCUT2D eigenvalue weighted by molar-refractivity contribution is -0.139. The zero-order chi connectivity index (χ0) is 32.2. The lowest BCUT2D eigenvalue weighted by Crippen LogP contribution is -2.40. The van der Waals surface area contributed by atoms with Crippen LogP contribution in [0.1, 0.15) is 42.1 Å². The van der Waals surface area contributed by atoms with Gasteiger partial charge in [0.15, 0.2) is 16.3 Å². The molecule has 12 heteroatoms. The molecule has 230 valence electrons. The van der Waals surface area contributed by atoms with Crippen molar-refractivity contribution in [2.24, 2.45) is 4.99 Å². The van der Waals surface area contributed by atoms with Gasteiger partial charge in [-0.1, -0.05) is 35.6 Å². The summed E-state index contributed by atoms with van der Waals surface area (Å²) in [6.45, 7) is 3.86. The third kappa shape index (κ3) is 6.56. The molecule has 0 N–H and O–H groups in total. The van der Waals surface area contributed by atoms with Crippen molar-refractivity contribution in [3.8, 4) is 23.3 Å². The van der Waals surface area contributed by atoms with E-state index in [1.165, 1.54) is 15.9 Å². The summed E-state index contributed by atoms with van der Waals surface area (Å²) in [7, 11) is 3.12. The van der Waals surface area contributed by atoms with Crippen molar-refractivity contribution in [1.82, 2.24) is 4.57 Å². The number of aromatic nitrogens is 1. The van der Waals surface area contributed by atoms with Gasteiger partial charge in [0.05, 0.1) is 62.3 Å². The number of ether oxygens (including phenoxy) is 4. The van der Waals surface area contributed by atoms with Crippen molar-refractivity contribution in [1.29, 1.82) is 5.26 Å². The van der Waals surface area contributed by atoms with Crippen LogP contribution in [0.3, 0.4) is 0 Å². The van der Waals surface area contributed by atoms with Gasteiger partial charge in [0.1, 0.15) is 12.4 Å². The molecule has 5 rings (SSSR count). The summed E-state index contributed by atoms with van der Waals surface area (Å²) in [6, 6.07) is 17.8. The van der Waals surface area contributed by atoms with E-state index >= 15 is 0 Å². The van der Waals surface area contributed by atoms with Crippen LogP contribution in [0.5, 0.6) is 17.2 Å². The average Bonchev–Trinajstić information content (AvgIpc) is 3.33. The number of carbonyl (C=O) groups excluding carboxylic acids is 1. The molecule has 3 aromatic carbocycles. The average molecular weight is 800 g/mol. The van der Waals surface area contributed by atoms with Crippen molar-refractivity contribution in [2.75, 3.05) is 20.8 Å². The highest BCUT2D eigenvalue weighted by molar-refractivity contribution is 14.1. The summed E-state index contributed by atoms with van der Waals surface area (Å²) in [6.07, 6.45) is 1.77. The molecule has 0 aliphatic carbocycles. The second-order valence-corrected chi connectivity index (χ2v) is 12.8. The number of nitrogens with zero attached hydrogens (tertiary/aromatic N) is 3. The van der Waals surface area contributed by atoms with Gasteiger partial charge in [-0.25, -0.2) is 9.79 Å². The molecule has 0 radical (unpaired) electrons. The van der Waals surface area contributed by atoms with Gasteiger partial charge in [-0.2, -0.15) is 5.26 Å². The first-order chi connectivity index (χ1) is 21.7. The second-order valence-electron chi connectivity index (χ2n) is 9.79. The molecule has 2 heterocycles. The van der Waals surface area contributed by atoms with Crippen LogP contribution >= 0.6 is 49.9 Å². The summed E-state index contributed by atoms with van der Waals surface area (Å²) in [4.78, 5) is 32.4. The van der Waals surface area contributed by atoms with Crippen molar-refractivity contribution < 1.29 is 23.7 Å². The third-order valence-corrected chi connectivity index (χ3v) is 9.47. The number of esters is 1. The number of halogens is 2. The van der Waals surface area contributed by atoms with E-state index < -0.39 is 12.0 Å². The Morgan fingerprint density at radius 3 is 2.60 bits per heavy atom. The largest absolute Gasteiger partial charge is 0.496 e. The fourth-order valence-corrected chi connectivity index (χ4v) is 7.37. The minimum Gasteiger partial charge on any atom is -0.496 e. The SMILES string of the molecule is CCOC(=O)C1=C(C)N=c2sc(=Cc3cc(I)c(OCc4ccccc4C#N)c(OC)c3)c(=O)n2[C@@H]1c1ccc(OC)c(Br)c1. The first kappa shape index (κ1) is 32.5. The number of methoxy groups -OCH3 is 2. The van der Waals surface area contributed by atoms with Gasteiger partial charge < -0.3 is 18.9 Å². The molecule has 9 nitrogen and oxygen atoms in total. The summed E-state index contributed by atoms with van der Waals surface area (Å²) in [5.41, 5.74) is 3.20. The fourth-order valence-electron chi connectivity index (χ4n) is 4.98. The molecule has 1 aliphatic heterocycles. The Bertz CT molecular complexity index is 2060. The summed E-state index contributed by atoms with van der Waals surface area (Å²) < 4.78 is 26.0. The highest BCUT2D eigenvalue weighted by Gasteiger charge is 2.33. The molecule has 0 bridgehead atoms. The summed E-state index contributed by atoms with van der Waals surface area (Å²) in [5.74, 6) is 1.10. The fraction of sp³-hybridized carbons (Fsp3) is 0.212. The maximum absolute atomic E-state index is 14.1. The van der Waals surface area contributed by atoms with E-state index in [0.717, 1.165) is 14.7 Å². The number of fused-ring (bicyclic) bond motifs is 1. The highest BCUT2D eigenvalue weighted by Crippen LogP contribution is 2.36. The molecule has 0 saturated heterocycles. The van der Waals surface area contributed by atoms with E-state index in [1.807, 2.05) is 36.4 Å². The number of hydrogen-bond donors (Lipinski definition) is 0. The predicted octanol–water partition coefficient (Wildman–Crippen LogP) is 5.63. The molecule has 0 fully saturated rings. The number of nitriles is 1. The highest BCUT2D eigenvalue weighted by atomic mass is 127. The lowest BCUT2D eigenvalue weighted by atomic mass is 9.96. The van der Waals surface area contributed by atoms with E-state index in [2.05, 4.69) is 49.6 Å². The van der Waals surface area contributed by atoms with Crippen LogP contribution in [-0.4, -0.2) is 31.4 Å². The van der Waals surface area contributed by atoms with E-state index in [1.54, 1.807) is 52.3 Å². The number of thiazole rings is 1. The molecular weight excluding hydrogens is 773 g/mol. The molecule has 1 aromatic heterocycles. The van der Waals surface area contributed by atoms with Gasteiger partial charge >= 0.3 is 5.97 Å². The van der Waals surface area contributed by atoms with E-state index in [4.69, 9.17) is 18.9 Å². The van der Waals surface area contributed by atoms with Crippen LogP contribution in [0, 0.1) is 14.9 Å². The van der Waals surface area contributed by atoms with Gasteiger partial charge in [0, 0.05) is 5.56 Å². The topological polar surface area (TPSA) is 112 Å². The van der Waals surface area contributed by atoms with Gasteiger partial charge in [-0.05, 0) is 99.9 Å². The monoisotopic (exact) mass is 799 g/mol. The Balaban J connectivity index is 1.59. The Morgan fingerprint density at radius 1 is 1.16 bits per heavy atom. The van der Waals surface area contributed by atoms with Crippen LogP contribution in [0.2, 0.25) is 0 Å². The predicted molar refractivity (Wildman–Crippen MR) is 182 cm³/mol.